The van der Waals surface area contributed by atoms with Crippen LogP contribution in [0.25, 0.3) is 0 Å². The molecule has 1 fully saturated rings. The van der Waals surface area contributed by atoms with Gasteiger partial charge in [0.25, 0.3) is 5.69 Å². The third-order valence-corrected chi connectivity index (χ3v) is 2.48. The van der Waals surface area contributed by atoms with Gasteiger partial charge in [0, 0.05) is 17.8 Å². The highest BCUT2D eigenvalue weighted by Gasteiger charge is 2.29. The first-order valence-electron chi connectivity index (χ1n) is 4.81. The lowest BCUT2D eigenvalue weighted by atomic mass is 10.2. The molecule has 1 aliphatic rings. The molecule has 16 heavy (non-hydrogen) atoms. The topological polar surface area (TPSA) is 83.7 Å². The van der Waals surface area contributed by atoms with E-state index in [1.807, 2.05) is 0 Å². The largest absolute Gasteiger partial charge is 0.391 e. The number of hydrogen-bond donors (Lipinski definition) is 1. The van der Waals surface area contributed by atoms with Crippen molar-refractivity contribution < 1.29 is 14.8 Å². The maximum atomic E-state index is 11.4. The zero-order valence-electron chi connectivity index (χ0n) is 8.37. The van der Waals surface area contributed by atoms with Crippen molar-refractivity contribution in [1.29, 1.82) is 0 Å². The van der Waals surface area contributed by atoms with Gasteiger partial charge >= 0.3 is 0 Å². The standard InChI is InChI=1S/C10H10N2O4/c13-9-5-10(14)11(6-9)7-1-3-8(4-2-7)12(15)16/h1-4,9,13H,5-6H2. The summed E-state index contributed by atoms with van der Waals surface area (Å²) in [6.45, 7) is 0.247. The third kappa shape index (κ3) is 1.87. The molecule has 0 bridgehead atoms. The molecule has 2 rings (SSSR count). The summed E-state index contributed by atoms with van der Waals surface area (Å²) in [5.41, 5.74) is 0.558. The summed E-state index contributed by atoms with van der Waals surface area (Å²) < 4.78 is 0. The Morgan fingerprint density at radius 3 is 2.44 bits per heavy atom. The van der Waals surface area contributed by atoms with Crippen molar-refractivity contribution >= 4 is 17.3 Å². The molecule has 84 valence electrons. The van der Waals surface area contributed by atoms with Crippen molar-refractivity contribution in [3.63, 3.8) is 0 Å². The van der Waals surface area contributed by atoms with Crippen molar-refractivity contribution in [2.45, 2.75) is 12.5 Å². The van der Waals surface area contributed by atoms with E-state index in [4.69, 9.17) is 0 Å². The number of nitro groups is 1. The molecule has 0 spiro atoms. The zero-order valence-corrected chi connectivity index (χ0v) is 8.37. The van der Waals surface area contributed by atoms with Crippen LogP contribution < -0.4 is 4.90 Å². The molecule has 0 saturated carbocycles. The van der Waals surface area contributed by atoms with Crippen LogP contribution in [-0.2, 0) is 4.79 Å². The van der Waals surface area contributed by atoms with E-state index >= 15 is 0 Å². The molecular weight excluding hydrogens is 212 g/mol. The number of non-ortho nitro benzene ring substituents is 1. The lowest BCUT2D eigenvalue weighted by molar-refractivity contribution is -0.384. The molecule has 1 atom stereocenters. The van der Waals surface area contributed by atoms with Crippen LogP contribution in [0.5, 0.6) is 0 Å². The number of anilines is 1. The predicted molar refractivity (Wildman–Crippen MR) is 56.1 cm³/mol. The summed E-state index contributed by atoms with van der Waals surface area (Å²) >= 11 is 0. The lowest BCUT2D eigenvalue weighted by Gasteiger charge is -2.15. The first-order chi connectivity index (χ1) is 7.58. The fraction of sp³-hybridized carbons (Fsp3) is 0.300. The Hall–Kier alpha value is -1.95. The van der Waals surface area contributed by atoms with E-state index in [-0.39, 0.29) is 24.6 Å². The monoisotopic (exact) mass is 222 g/mol. The number of carbonyl (C=O) groups is 1. The molecular formula is C10H10N2O4. The van der Waals surface area contributed by atoms with E-state index < -0.39 is 11.0 Å². The first kappa shape index (κ1) is 10.6. The fourth-order valence-corrected chi connectivity index (χ4v) is 1.69. The summed E-state index contributed by atoms with van der Waals surface area (Å²) in [5, 5.41) is 19.7. The van der Waals surface area contributed by atoms with Gasteiger partial charge in [0.2, 0.25) is 5.91 Å². The fourth-order valence-electron chi connectivity index (χ4n) is 1.69. The molecule has 6 heteroatoms. The van der Waals surface area contributed by atoms with E-state index in [1.165, 1.54) is 29.2 Å². The van der Waals surface area contributed by atoms with E-state index in [9.17, 15) is 20.0 Å². The van der Waals surface area contributed by atoms with Crippen LogP contribution in [0.3, 0.4) is 0 Å². The van der Waals surface area contributed by atoms with Crippen LogP contribution in [-0.4, -0.2) is 28.6 Å². The average Bonchev–Trinajstić information content (AvgIpc) is 2.58. The number of benzene rings is 1. The number of carbonyl (C=O) groups excluding carboxylic acids is 1. The van der Waals surface area contributed by atoms with Gasteiger partial charge in [-0.15, -0.1) is 0 Å². The highest BCUT2D eigenvalue weighted by Crippen LogP contribution is 2.23. The van der Waals surface area contributed by atoms with E-state index in [0.717, 1.165) is 0 Å². The predicted octanol–water partition coefficient (Wildman–Crippen LogP) is 0.692. The third-order valence-electron chi connectivity index (χ3n) is 2.48. The molecule has 6 nitrogen and oxygen atoms in total. The highest BCUT2D eigenvalue weighted by molar-refractivity contribution is 5.96. The number of aliphatic hydroxyl groups is 1. The second-order valence-corrected chi connectivity index (χ2v) is 3.64. The van der Waals surface area contributed by atoms with Crippen LogP contribution in [0, 0.1) is 10.1 Å². The molecule has 0 aliphatic carbocycles. The Bertz CT molecular complexity index is 429. The van der Waals surface area contributed by atoms with Gasteiger partial charge in [0.15, 0.2) is 0 Å². The van der Waals surface area contributed by atoms with Crippen molar-refractivity contribution in [2.24, 2.45) is 0 Å². The van der Waals surface area contributed by atoms with Crippen molar-refractivity contribution in [2.75, 3.05) is 11.4 Å². The minimum absolute atomic E-state index is 0.0176. The zero-order chi connectivity index (χ0) is 11.7. The number of amides is 1. The second-order valence-electron chi connectivity index (χ2n) is 3.64. The summed E-state index contributed by atoms with van der Waals surface area (Å²) in [6.07, 6.45) is -0.542. The van der Waals surface area contributed by atoms with E-state index in [2.05, 4.69) is 0 Å². The summed E-state index contributed by atoms with van der Waals surface area (Å²) in [4.78, 5) is 22.8. The Kier molecular flexibility index (Phi) is 2.57. The minimum Gasteiger partial charge on any atom is -0.391 e. The number of nitro benzene ring substituents is 1. The second kappa shape index (κ2) is 3.90. The minimum atomic E-state index is -0.650. The lowest BCUT2D eigenvalue weighted by Crippen LogP contribution is -2.25. The summed E-state index contributed by atoms with van der Waals surface area (Å²) in [6, 6.07) is 5.70. The van der Waals surface area contributed by atoms with Gasteiger partial charge in [-0.05, 0) is 12.1 Å². The van der Waals surface area contributed by atoms with Gasteiger partial charge in [-0.25, -0.2) is 0 Å². The van der Waals surface area contributed by atoms with Crippen LogP contribution in [0.4, 0.5) is 11.4 Å². The molecule has 1 heterocycles. The molecule has 0 aromatic heterocycles. The number of nitrogens with zero attached hydrogens (tertiary/aromatic N) is 2. The Balaban J connectivity index is 2.22. The number of hydrogen-bond acceptors (Lipinski definition) is 4. The van der Waals surface area contributed by atoms with Gasteiger partial charge in [-0.3, -0.25) is 14.9 Å². The number of aliphatic hydroxyl groups excluding tert-OH is 1. The summed E-state index contributed by atoms with van der Waals surface area (Å²) in [7, 11) is 0. The molecule has 1 aromatic carbocycles. The Labute approximate surface area is 91.3 Å². The van der Waals surface area contributed by atoms with Gasteiger partial charge in [0.1, 0.15) is 0 Å². The van der Waals surface area contributed by atoms with Crippen molar-refractivity contribution in [3.8, 4) is 0 Å². The van der Waals surface area contributed by atoms with Gasteiger partial charge in [-0.2, -0.15) is 0 Å². The maximum Gasteiger partial charge on any atom is 0.269 e. The summed E-state index contributed by atoms with van der Waals surface area (Å²) in [5.74, 6) is -0.165. The van der Waals surface area contributed by atoms with Crippen LogP contribution in [0.2, 0.25) is 0 Å². The quantitative estimate of drug-likeness (QED) is 0.589. The van der Waals surface area contributed by atoms with Crippen LogP contribution in [0.1, 0.15) is 6.42 Å². The van der Waals surface area contributed by atoms with E-state index in [0.29, 0.717) is 5.69 Å². The van der Waals surface area contributed by atoms with Crippen LogP contribution >= 0.6 is 0 Å². The molecule has 1 N–H and O–H groups in total. The normalized spacial score (nSPS) is 20.2. The van der Waals surface area contributed by atoms with E-state index in [1.54, 1.807) is 0 Å². The molecule has 1 aliphatic heterocycles. The van der Waals surface area contributed by atoms with Crippen LogP contribution in [0.15, 0.2) is 24.3 Å². The van der Waals surface area contributed by atoms with Gasteiger partial charge < -0.3 is 10.0 Å². The smallest absolute Gasteiger partial charge is 0.269 e. The van der Waals surface area contributed by atoms with Gasteiger partial charge in [0.05, 0.1) is 24.0 Å². The molecule has 1 aromatic rings. The first-order valence-corrected chi connectivity index (χ1v) is 4.81. The highest BCUT2D eigenvalue weighted by atomic mass is 16.6. The molecule has 1 saturated heterocycles. The molecule has 1 unspecified atom stereocenters. The Morgan fingerprint density at radius 1 is 1.38 bits per heavy atom. The van der Waals surface area contributed by atoms with Gasteiger partial charge in [-0.1, -0.05) is 0 Å². The van der Waals surface area contributed by atoms with Crippen molar-refractivity contribution in [1.82, 2.24) is 0 Å². The Morgan fingerprint density at radius 2 is 2.00 bits per heavy atom. The SMILES string of the molecule is O=C1CC(O)CN1c1ccc([N+](=O)[O-])cc1. The molecule has 0 radical (unpaired) electrons. The average molecular weight is 222 g/mol. The number of rotatable bonds is 2. The maximum absolute atomic E-state index is 11.4. The molecule has 1 amide bonds. The number of β-amino-alcohol motifs (C(OH)–C–C–N with tert-alkyl or cyclic N) is 1. The van der Waals surface area contributed by atoms with Crippen molar-refractivity contribution in [3.05, 3.63) is 34.4 Å².